The second kappa shape index (κ2) is 5.67. The van der Waals surface area contributed by atoms with Gasteiger partial charge in [0, 0.05) is 17.5 Å². The standard InChI is InChI=1S/C12H11BrFN3S/c1-7-4-11(15)17-12(16-7)18-6-8-2-3-10(14)9(13)5-8/h2-5H,6H2,1H3,(H2,15,16,17). The van der Waals surface area contributed by atoms with E-state index in [1.165, 1.54) is 17.8 Å². The Labute approximate surface area is 117 Å². The summed E-state index contributed by atoms with van der Waals surface area (Å²) >= 11 is 4.63. The summed E-state index contributed by atoms with van der Waals surface area (Å²) in [5.74, 6) is 0.868. The maximum Gasteiger partial charge on any atom is 0.190 e. The number of thioether (sulfide) groups is 1. The quantitative estimate of drug-likeness (QED) is 0.691. The molecule has 0 saturated carbocycles. The number of benzene rings is 1. The molecule has 0 aliphatic rings. The van der Waals surface area contributed by atoms with Gasteiger partial charge in [-0.1, -0.05) is 17.8 Å². The Morgan fingerprint density at radius 3 is 2.78 bits per heavy atom. The SMILES string of the molecule is Cc1cc(N)nc(SCc2ccc(F)c(Br)c2)n1. The third-order valence-corrected chi connectivity index (χ3v) is 3.73. The number of hydrogen-bond acceptors (Lipinski definition) is 4. The number of anilines is 1. The van der Waals surface area contributed by atoms with Crippen LogP contribution >= 0.6 is 27.7 Å². The Kier molecular flexibility index (Phi) is 4.19. The minimum atomic E-state index is -0.264. The van der Waals surface area contributed by atoms with E-state index in [9.17, 15) is 4.39 Å². The molecule has 2 N–H and O–H groups in total. The molecule has 2 aromatic rings. The first-order valence-electron chi connectivity index (χ1n) is 5.22. The Morgan fingerprint density at radius 2 is 2.11 bits per heavy atom. The van der Waals surface area contributed by atoms with Crippen LogP contribution < -0.4 is 5.73 Å². The van der Waals surface area contributed by atoms with E-state index in [1.807, 2.05) is 6.92 Å². The van der Waals surface area contributed by atoms with Crippen LogP contribution in [0.2, 0.25) is 0 Å². The number of nitrogens with zero attached hydrogens (tertiary/aromatic N) is 2. The summed E-state index contributed by atoms with van der Waals surface area (Å²) in [7, 11) is 0. The predicted molar refractivity (Wildman–Crippen MR) is 74.8 cm³/mol. The van der Waals surface area contributed by atoms with E-state index in [-0.39, 0.29) is 5.82 Å². The summed E-state index contributed by atoms with van der Waals surface area (Å²) in [6.45, 7) is 1.87. The molecule has 1 aromatic carbocycles. The molecule has 6 heteroatoms. The summed E-state index contributed by atoms with van der Waals surface area (Å²) < 4.78 is 13.5. The zero-order valence-corrected chi connectivity index (χ0v) is 12.1. The first-order chi connectivity index (χ1) is 8.54. The first-order valence-corrected chi connectivity index (χ1v) is 7.00. The summed E-state index contributed by atoms with van der Waals surface area (Å²) in [6.07, 6.45) is 0. The van der Waals surface area contributed by atoms with Gasteiger partial charge in [-0.15, -0.1) is 0 Å². The molecule has 0 amide bonds. The molecule has 0 unspecified atom stereocenters. The largest absolute Gasteiger partial charge is 0.384 e. The zero-order valence-electron chi connectivity index (χ0n) is 9.65. The van der Waals surface area contributed by atoms with Crippen LogP contribution in [0.1, 0.15) is 11.3 Å². The monoisotopic (exact) mass is 327 g/mol. The molecule has 1 heterocycles. The van der Waals surface area contributed by atoms with E-state index in [0.717, 1.165) is 11.3 Å². The lowest BCUT2D eigenvalue weighted by Crippen LogP contribution is -1.96. The number of hydrogen-bond donors (Lipinski definition) is 1. The van der Waals surface area contributed by atoms with Gasteiger partial charge >= 0.3 is 0 Å². The molecule has 0 spiro atoms. The average Bonchev–Trinajstić information content (AvgIpc) is 2.29. The molecule has 94 valence electrons. The van der Waals surface area contributed by atoms with Crippen molar-refractivity contribution in [1.29, 1.82) is 0 Å². The van der Waals surface area contributed by atoms with Crippen molar-refractivity contribution in [2.75, 3.05) is 5.73 Å². The van der Waals surface area contributed by atoms with Crippen LogP contribution in [0.3, 0.4) is 0 Å². The van der Waals surface area contributed by atoms with Crippen LogP contribution in [0.25, 0.3) is 0 Å². The smallest absolute Gasteiger partial charge is 0.190 e. The Morgan fingerprint density at radius 1 is 1.33 bits per heavy atom. The lowest BCUT2D eigenvalue weighted by atomic mass is 10.2. The van der Waals surface area contributed by atoms with Crippen LogP contribution in [0, 0.1) is 12.7 Å². The lowest BCUT2D eigenvalue weighted by molar-refractivity contribution is 0.620. The van der Waals surface area contributed by atoms with E-state index in [1.54, 1.807) is 18.2 Å². The van der Waals surface area contributed by atoms with Crippen molar-refractivity contribution >= 4 is 33.5 Å². The van der Waals surface area contributed by atoms with Gasteiger partial charge in [-0.2, -0.15) is 0 Å². The van der Waals surface area contributed by atoms with Gasteiger partial charge < -0.3 is 5.73 Å². The third kappa shape index (κ3) is 3.43. The second-order valence-electron chi connectivity index (χ2n) is 3.75. The van der Waals surface area contributed by atoms with Gasteiger partial charge in [-0.05, 0) is 40.5 Å². The van der Waals surface area contributed by atoms with Gasteiger partial charge in [0.2, 0.25) is 0 Å². The highest BCUT2D eigenvalue weighted by molar-refractivity contribution is 9.10. The van der Waals surface area contributed by atoms with Gasteiger partial charge in [0.15, 0.2) is 5.16 Å². The van der Waals surface area contributed by atoms with Crippen molar-refractivity contribution < 1.29 is 4.39 Å². The maximum atomic E-state index is 13.1. The molecule has 0 bridgehead atoms. The summed E-state index contributed by atoms with van der Waals surface area (Å²) in [6, 6.07) is 6.65. The Balaban J connectivity index is 2.08. The number of nitrogen functional groups attached to an aromatic ring is 1. The van der Waals surface area contributed by atoms with E-state index in [4.69, 9.17) is 5.73 Å². The van der Waals surface area contributed by atoms with Gasteiger partial charge in [0.05, 0.1) is 4.47 Å². The molecule has 0 radical (unpaired) electrons. The van der Waals surface area contributed by atoms with Crippen molar-refractivity contribution in [1.82, 2.24) is 9.97 Å². The fourth-order valence-electron chi connectivity index (χ4n) is 1.41. The molecule has 1 aromatic heterocycles. The highest BCUT2D eigenvalue weighted by Gasteiger charge is 2.04. The molecule has 18 heavy (non-hydrogen) atoms. The van der Waals surface area contributed by atoms with Crippen LogP contribution in [0.15, 0.2) is 33.9 Å². The molecule has 3 nitrogen and oxygen atoms in total. The van der Waals surface area contributed by atoms with E-state index < -0.39 is 0 Å². The highest BCUT2D eigenvalue weighted by Crippen LogP contribution is 2.23. The number of halogens is 2. The number of aromatic nitrogens is 2. The van der Waals surface area contributed by atoms with Gasteiger partial charge in [-0.25, -0.2) is 14.4 Å². The van der Waals surface area contributed by atoms with E-state index >= 15 is 0 Å². The van der Waals surface area contributed by atoms with Crippen LogP contribution in [-0.2, 0) is 5.75 Å². The van der Waals surface area contributed by atoms with E-state index in [2.05, 4.69) is 25.9 Å². The summed E-state index contributed by atoms with van der Waals surface area (Å²) in [4.78, 5) is 8.41. The predicted octanol–water partition coefficient (Wildman–Crippen LogP) is 3.56. The molecule has 2 rings (SSSR count). The minimum Gasteiger partial charge on any atom is -0.384 e. The Hall–Kier alpha value is -1.14. The highest BCUT2D eigenvalue weighted by atomic mass is 79.9. The molecule has 0 fully saturated rings. The lowest BCUT2D eigenvalue weighted by Gasteiger charge is -2.04. The number of rotatable bonds is 3. The topological polar surface area (TPSA) is 51.8 Å². The number of aryl methyl sites for hydroxylation is 1. The first kappa shape index (κ1) is 13.3. The summed E-state index contributed by atoms with van der Waals surface area (Å²) in [5, 5.41) is 0.632. The molecule has 0 atom stereocenters. The molecular weight excluding hydrogens is 317 g/mol. The normalized spacial score (nSPS) is 10.6. The fraction of sp³-hybridized carbons (Fsp3) is 0.167. The second-order valence-corrected chi connectivity index (χ2v) is 5.55. The Bertz CT molecular complexity index is 557. The zero-order chi connectivity index (χ0) is 13.1. The summed E-state index contributed by atoms with van der Waals surface area (Å²) in [5.41, 5.74) is 7.49. The van der Waals surface area contributed by atoms with Crippen molar-refractivity contribution in [2.45, 2.75) is 17.8 Å². The van der Waals surface area contributed by atoms with Gasteiger partial charge in [0.1, 0.15) is 11.6 Å². The van der Waals surface area contributed by atoms with Crippen molar-refractivity contribution in [2.24, 2.45) is 0 Å². The van der Waals surface area contributed by atoms with Gasteiger partial charge in [0.25, 0.3) is 0 Å². The number of nitrogens with two attached hydrogens (primary N) is 1. The molecular formula is C12H11BrFN3S. The van der Waals surface area contributed by atoms with Crippen molar-refractivity contribution in [3.05, 3.63) is 45.8 Å². The molecule has 0 saturated heterocycles. The maximum absolute atomic E-state index is 13.1. The van der Waals surface area contributed by atoms with E-state index in [0.29, 0.717) is 21.2 Å². The van der Waals surface area contributed by atoms with Crippen molar-refractivity contribution in [3.63, 3.8) is 0 Å². The fourth-order valence-corrected chi connectivity index (χ4v) is 2.69. The van der Waals surface area contributed by atoms with Crippen LogP contribution in [0.4, 0.5) is 10.2 Å². The third-order valence-electron chi connectivity index (χ3n) is 2.21. The van der Waals surface area contributed by atoms with Gasteiger partial charge in [-0.3, -0.25) is 0 Å². The van der Waals surface area contributed by atoms with Crippen LogP contribution in [0.5, 0.6) is 0 Å². The van der Waals surface area contributed by atoms with Crippen LogP contribution in [-0.4, -0.2) is 9.97 Å². The average molecular weight is 328 g/mol. The van der Waals surface area contributed by atoms with Crippen molar-refractivity contribution in [3.8, 4) is 0 Å². The molecule has 0 aliphatic carbocycles. The molecule has 0 aliphatic heterocycles. The minimum absolute atomic E-state index is 0.264.